The van der Waals surface area contributed by atoms with E-state index in [9.17, 15) is 9.90 Å². The standard InChI is InChI=1S/C18H24N4O3/c1-12-3-4-14(10-19-12)13(2)20-18(24)17-9-16(25-21-17)11-22-7-5-15(23)6-8-22/h3-4,9-10,13,15,23H,5-8,11H2,1-2H3,(H,20,24)/t13-/m0/s1. The zero-order valence-electron chi connectivity index (χ0n) is 14.6. The van der Waals surface area contributed by atoms with Crippen molar-refractivity contribution >= 4 is 5.91 Å². The van der Waals surface area contributed by atoms with Gasteiger partial charge in [0.1, 0.15) is 0 Å². The molecule has 7 heteroatoms. The van der Waals surface area contributed by atoms with Crippen molar-refractivity contribution in [1.82, 2.24) is 20.4 Å². The van der Waals surface area contributed by atoms with E-state index in [4.69, 9.17) is 4.52 Å². The number of aromatic nitrogens is 2. The summed E-state index contributed by atoms with van der Waals surface area (Å²) in [6.45, 7) is 6.07. The van der Waals surface area contributed by atoms with E-state index in [2.05, 4.69) is 20.4 Å². The molecule has 0 bridgehead atoms. The maximum absolute atomic E-state index is 12.3. The van der Waals surface area contributed by atoms with Gasteiger partial charge in [-0.25, -0.2) is 0 Å². The molecule has 1 aliphatic rings. The van der Waals surface area contributed by atoms with Crippen LogP contribution in [0.5, 0.6) is 0 Å². The predicted octanol–water partition coefficient (Wildman–Crippen LogP) is 1.83. The first-order chi connectivity index (χ1) is 12.0. The number of nitrogens with one attached hydrogen (secondary N) is 1. The lowest BCUT2D eigenvalue weighted by Gasteiger charge is -2.28. The third-order valence-corrected chi connectivity index (χ3v) is 4.51. The van der Waals surface area contributed by atoms with E-state index < -0.39 is 0 Å². The fraction of sp³-hybridized carbons (Fsp3) is 0.500. The van der Waals surface area contributed by atoms with E-state index in [0.717, 1.165) is 37.2 Å². The Kier molecular flexibility index (Phi) is 5.45. The lowest BCUT2D eigenvalue weighted by Crippen LogP contribution is -2.35. The number of aryl methyl sites for hydroxylation is 1. The maximum atomic E-state index is 12.3. The molecule has 1 saturated heterocycles. The van der Waals surface area contributed by atoms with Crippen LogP contribution in [-0.4, -0.2) is 45.2 Å². The van der Waals surface area contributed by atoms with Gasteiger partial charge in [0.15, 0.2) is 11.5 Å². The summed E-state index contributed by atoms with van der Waals surface area (Å²) in [6, 6.07) is 5.39. The minimum atomic E-state index is -0.267. The van der Waals surface area contributed by atoms with Gasteiger partial charge in [-0.3, -0.25) is 14.7 Å². The van der Waals surface area contributed by atoms with Gasteiger partial charge in [0.2, 0.25) is 0 Å². The summed E-state index contributed by atoms with van der Waals surface area (Å²) in [5.41, 5.74) is 2.15. The first-order valence-corrected chi connectivity index (χ1v) is 8.60. The van der Waals surface area contributed by atoms with Crippen LogP contribution in [-0.2, 0) is 6.54 Å². The van der Waals surface area contributed by atoms with Crippen LogP contribution >= 0.6 is 0 Å². The van der Waals surface area contributed by atoms with Crippen molar-refractivity contribution in [2.75, 3.05) is 13.1 Å². The molecule has 7 nitrogen and oxygen atoms in total. The molecule has 0 radical (unpaired) electrons. The number of rotatable bonds is 5. The Hall–Kier alpha value is -2.25. The Morgan fingerprint density at radius 2 is 2.20 bits per heavy atom. The average molecular weight is 344 g/mol. The maximum Gasteiger partial charge on any atom is 0.273 e. The number of aliphatic hydroxyl groups is 1. The van der Waals surface area contributed by atoms with Crippen LogP contribution in [0.1, 0.15) is 53.3 Å². The molecular formula is C18H24N4O3. The lowest BCUT2D eigenvalue weighted by molar-refractivity contribution is 0.0748. The van der Waals surface area contributed by atoms with Gasteiger partial charge in [0, 0.05) is 31.0 Å². The van der Waals surface area contributed by atoms with Crippen molar-refractivity contribution in [2.45, 2.75) is 45.4 Å². The molecule has 1 fully saturated rings. The molecule has 3 heterocycles. The normalized spacial score (nSPS) is 17.4. The quantitative estimate of drug-likeness (QED) is 0.860. The summed E-state index contributed by atoms with van der Waals surface area (Å²) in [4.78, 5) is 18.8. The minimum absolute atomic E-state index is 0.163. The van der Waals surface area contributed by atoms with Crippen molar-refractivity contribution in [2.24, 2.45) is 0 Å². The Labute approximate surface area is 147 Å². The molecule has 0 spiro atoms. The van der Waals surface area contributed by atoms with Crippen molar-refractivity contribution in [3.63, 3.8) is 0 Å². The molecule has 3 rings (SSSR count). The van der Waals surface area contributed by atoms with E-state index >= 15 is 0 Å². The van der Waals surface area contributed by atoms with Gasteiger partial charge in [-0.1, -0.05) is 11.2 Å². The second kappa shape index (κ2) is 7.76. The second-order valence-corrected chi connectivity index (χ2v) is 6.61. The molecule has 0 aromatic carbocycles. The monoisotopic (exact) mass is 344 g/mol. The lowest BCUT2D eigenvalue weighted by atomic mass is 10.1. The van der Waals surface area contributed by atoms with E-state index in [-0.39, 0.29) is 23.7 Å². The smallest absolute Gasteiger partial charge is 0.273 e. The van der Waals surface area contributed by atoms with Gasteiger partial charge in [-0.05, 0) is 38.3 Å². The topological polar surface area (TPSA) is 91.5 Å². The van der Waals surface area contributed by atoms with Gasteiger partial charge in [-0.15, -0.1) is 0 Å². The van der Waals surface area contributed by atoms with Crippen LogP contribution in [0.2, 0.25) is 0 Å². The highest BCUT2D eigenvalue weighted by molar-refractivity contribution is 5.92. The summed E-state index contributed by atoms with van der Waals surface area (Å²) in [7, 11) is 0. The molecule has 25 heavy (non-hydrogen) atoms. The van der Waals surface area contributed by atoms with E-state index in [1.807, 2.05) is 26.0 Å². The van der Waals surface area contributed by atoms with Gasteiger partial charge in [0.25, 0.3) is 5.91 Å². The molecule has 2 N–H and O–H groups in total. The van der Waals surface area contributed by atoms with E-state index in [1.165, 1.54) is 0 Å². The number of carbonyl (C=O) groups excluding carboxylic acids is 1. The summed E-state index contributed by atoms with van der Waals surface area (Å²) >= 11 is 0. The number of amides is 1. The number of hydrogen-bond donors (Lipinski definition) is 2. The highest BCUT2D eigenvalue weighted by Crippen LogP contribution is 2.16. The van der Waals surface area contributed by atoms with Crippen LogP contribution in [0.4, 0.5) is 0 Å². The van der Waals surface area contributed by atoms with Crippen LogP contribution in [0, 0.1) is 6.92 Å². The molecule has 1 aliphatic heterocycles. The largest absolute Gasteiger partial charge is 0.393 e. The summed E-state index contributed by atoms with van der Waals surface area (Å²) in [5, 5.41) is 16.3. The minimum Gasteiger partial charge on any atom is -0.393 e. The third kappa shape index (κ3) is 4.64. The summed E-state index contributed by atoms with van der Waals surface area (Å²) < 4.78 is 5.29. The van der Waals surface area contributed by atoms with Crippen molar-refractivity contribution in [3.05, 3.63) is 47.1 Å². The summed E-state index contributed by atoms with van der Waals surface area (Å²) in [5.74, 6) is 0.392. The molecule has 0 unspecified atom stereocenters. The fourth-order valence-corrected chi connectivity index (χ4v) is 2.88. The first-order valence-electron chi connectivity index (χ1n) is 8.60. The van der Waals surface area contributed by atoms with Crippen LogP contribution in [0.25, 0.3) is 0 Å². The number of pyridine rings is 1. The van der Waals surface area contributed by atoms with Crippen LogP contribution in [0.15, 0.2) is 28.9 Å². The van der Waals surface area contributed by atoms with E-state index in [1.54, 1.807) is 12.3 Å². The van der Waals surface area contributed by atoms with Crippen LogP contribution in [0.3, 0.4) is 0 Å². The van der Waals surface area contributed by atoms with Gasteiger partial charge in [0.05, 0.1) is 18.7 Å². The Morgan fingerprint density at radius 1 is 1.44 bits per heavy atom. The zero-order chi connectivity index (χ0) is 17.8. The Balaban J connectivity index is 1.56. The Morgan fingerprint density at radius 3 is 2.88 bits per heavy atom. The summed E-state index contributed by atoms with van der Waals surface area (Å²) in [6.07, 6.45) is 3.09. The zero-order valence-corrected chi connectivity index (χ0v) is 14.6. The SMILES string of the molecule is Cc1ccc([C@H](C)NC(=O)c2cc(CN3CCC(O)CC3)on2)cn1. The highest BCUT2D eigenvalue weighted by Gasteiger charge is 2.20. The number of hydrogen-bond acceptors (Lipinski definition) is 6. The molecule has 2 aromatic rings. The van der Waals surface area contributed by atoms with Crippen LogP contribution < -0.4 is 5.32 Å². The highest BCUT2D eigenvalue weighted by atomic mass is 16.5. The van der Waals surface area contributed by atoms with Crippen molar-refractivity contribution in [3.8, 4) is 0 Å². The molecule has 1 amide bonds. The fourth-order valence-electron chi connectivity index (χ4n) is 2.88. The number of nitrogens with zero attached hydrogens (tertiary/aromatic N) is 3. The van der Waals surface area contributed by atoms with E-state index in [0.29, 0.717) is 12.3 Å². The first kappa shape index (κ1) is 17.6. The molecule has 0 saturated carbocycles. The molecule has 134 valence electrons. The van der Waals surface area contributed by atoms with Crippen molar-refractivity contribution < 1.29 is 14.4 Å². The number of aliphatic hydroxyl groups excluding tert-OH is 1. The number of piperidine rings is 1. The van der Waals surface area contributed by atoms with Gasteiger partial charge in [-0.2, -0.15) is 0 Å². The predicted molar refractivity (Wildman–Crippen MR) is 91.9 cm³/mol. The second-order valence-electron chi connectivity index (χ2n) is 6.61. The molecule has 0 aliphatic carbocycles. The molecular weight excluding hydrogens is 320 g/mol. The van der Waals surface area contributed by atoms with Gasteiger partial charge < -0.3 is 14.9 Å². The molecule has 2 aromatic heterocycles. The third-order valence-electron chi connectivity index (χ3n) is 4.51. The van der Waals surface area contributed by atoms with Gasteiger partial charge >= 0.3 is 0 Å². The van der Waals surface area contributed by atoms with Crippen molar-refractivity contribution in [1.29, 1.82) is 0 Å². The molecule has 1 atom stereocenters. The number of carbonyl (C=O) groups is 1. The number of likely N-dealkylation sites (tertiary alicyclic amines) is 1. The Bertz CT molecular complexity index is 705. The average Bonchev–Trinajstić information content (AvgIpc) is 3.06.